The molecule has 4 N–H and O–H groups in total. The van der Waals surface area contributed by atoms with E-state index in [0.29, 0.717) is 0 Å². The fraction of sp³-hybridized carbons (Fsp3) is 0.368. The number of urea groups is 1. The Bertz CT molecular complexity index is 976. The fourth-order valence-corrected chi connectivity index (χ4v) is 3.27. The number of hydrogen-bond acceptors (Lipinski definition) is 7. The second-order valence-electron chi connectivity index (χ2n) is 7.02. The molecule has 12 nitrogen and oxygen atoms in total. The summed E-state index contributed by atoms with van der Waals surface area (Å²) in [4.78, 5) is 74.1. The van der Waals surface area contributed by atoms with Crippen LogP contribution in [0.5, 0.6) is 5.75 Å². The summed E-state index contributed by atoms with van der Waals surface area (Å²) in [6.07, 6.45) is 0.0484. The number of fused-ring (bicyclic) bond motifs is 1. The highest BCUT2D eigenvalue weighted by Crippen LogP contribution is 2.33. The molecule has 0 spiro atoms. The van der Waals surface area contributed by atoms with Gasteiger partial charge in [-0.3, -0.25) is 34.2 Å². The van der Waals surface area contributed by atoms with Gasteiger partial charge >= 0.3 is 6.03 Å². The number of carbonyl (C=O) groups is 6. The lowest BCUT2D eigenvalue weighted by Gasteiger charge is -2.27. The molecular formula is C19H21N5O7. The average molecular weight is 431 g/mol. The van der Waals surface area contributed by atoms with Crippen LogP contribution in [0, 0.1) is 0 Å². The number of piperidine rings is 1. The molecule has 1 atom stereocenters. The zero-order chi connectivity index (χ0) is 22.7. The van der Waals surface area contributed by atoms with E-state index < -0.39 is 48.2 Å². The Kier molecular flexibility index (Phi) is 6.18. The van der Waals surface area contributed by atoms with Crippen LogP contribution in [-0.4, -0.2) is 78.2 Å². The maximum Gasteiger partial charge on any atom is 0.314 e. The van der Waals surface area contributed by atoms with Gasteiger partial charge in [-0.05, 0) is 18.6 Å². The third kappa shape index (κ3) is 4.47. The highest BCUT2D eigenvalue weighted by atomic mass is 16.5. The van der Waals surface area contributed by atoms with E-state index in [1.165, 1.54) is 30.1 Å². The summed E-state index contributed by atoms with van der Waals surface area (Å²) in [5.41, 5.74) is 5.10. The standard InChI is InChI=1S/C19H21N5O7/c1-23(19(20)30)8-7-21-14(26)9-31-12-4-2-3-10-15(12)18(29)24(17(10)28)11-5-6-13(25)22-16(11)27/h2-4,11H,5-9H2,1H3,(H2,20,30)(H,21,26)(H,22,25,27). The van der Waals surface area contributed by atoms with Crippen molar-refractivity contribution in [2.75, 3.05) is 26.7 Å². The van der Waals surface area contributed by atoms with Crippen LogP contribution in [0.25, 0.3) is 0 Å². The smallest absolute Gasteiger partial charge is 0.314 e. The molecule has 0 aliphatic carbocycles. The minimum Gasteiger partial charge on any atom is -0.483 e. The highest BCUT2D eigenvalue weighted by molar-refractivity contribution is 6.24. The van der Waals surface area contributed by atoms with Crippen LogP contribution in [0.1, 0.15) is 33.6 Å². The van der Waals surface area contributed by atoms with Crippen LogP contribution >= 0.6 is 0 Å². The molecular weight excluding hydrogens is 410 g/mol. The van der Waals surface area contributed by atoms with E-state index in [9.17, 15) is 28.8 Å². The molecule has 164 valence electrons. The van der Waals surface area contributed by atoms with Gasteiger partial charge in [-0.2, -0.15) is 0 Å². The second kappa shape index (κ2) is 8.81. The van der Waals surface area contributed by atoms with Gasteiger partial charge in [0.15, 0.2) is 6.61 Å². The molecule has 12 heteroatoms. The van der Waals surface area contributed by atoms with E-state index in [1.54, 1.807) is 0 Å². The van der Waals surface area contributed by atoms with E-state index >= 15 is 0 Å². The SMILES string of the molecule is CN(CCNC(=O)COc1cccc2c1C(=O)N(C1CCC(=O)NC1=O)C2=O)C(N)=O. The number of ether oxygens (including phenoxy) is 1. The fourth-order valence-electron chi connectivity index (χ4n) is 3.27. The lowest BCUT2D eigenvalue weighted by molar-refractivity contribution is -0.136. The molecule has 2 aliphatic heterocycles. The molecule has 31 heavy (non-hydrogen) atoms. The van der Waals surface area contributed by atoms with Gasteiger partial charge in [0.1, 0.15) is 11.8 Å². The lowest BCUT2D eigenvalue weighted by atomic mass is 10.0. The van der Waals surface area contributed by atoms with Crippen LogP contribution in [0.3, 0.4) is 0 Å². The molecule has 0 aromatic heterocycles. The summed E-state index contributed by atoms with van der Waals surface area (Å²) < 4.78 is 5.44. The number of benzene rings is 1. The summed E-state index contributed by atoms with van der Waals surface area (Å²) in [5, 5.41) is 4.66. The Morgan fingerprint density at radius 1 is 1.26 bits per heavy atom. The first kappa shape index (κ1) is 21.7. The first-order valence-corrected chi connectivity index (χ1v) is 9.45. The van der Waals surface area contributed by atoms with Crippen LogP contribution in [0.4, 0.5) is 4.79 Å². The van der Waals surface area contributed by atoms with Crippen LogP contribution in [0.15, 0.2) is 18.2 Å². The lowest BCUT2D eigenvalue weighted by Crippen LogP contribution is -2.54. The van der Waals surface area contributed by atoms with Crippen molar-refractivity contribution in [3.63, 3.8) is 0 Å². The summed E-state index contributed by atoms with van der Waals surface area (Å²) in [5.74, 6) is -3.06. The van der Waals surface area contributed by atoms with Crippen LogP contribution < -0.4 is 21.1 Å². The zero-order valence-corrected chi connectivity index (χ0v) is 16.7. The van der Waals surface area contributed by atoms with Crippen molar-refractivity contribution in [2.45, 2.75) is 18.9 Å². The summed E-state index contributed by atoms with van der Waals surface area (Å²) in [7, 11) is 1.48. The largest absolute Gasteiger partial charge is 0.483 e. The first-order chi connectivity index (χ1) is 14.7. The van der Waals surface area contributed by atoms with Crippen molar-refractivity contribution >= 4 is 35.6 Å². The molecule has 0 saturated carbocycles. The van der Waals surface area contributed by atoms with Crippen LogP contribution in [0.2, 0.25) is 0 Å². The Balaban J connectivity index is 1.66. The Hall–Kier alpha value is -3.96. The second-order valence-corrected chi connectivity index (χ2v) is 7.02. The Morgan fingerprint density at radius 2 is 2.00 bits per heavy atom. The number of primary amides is 1. The number of imide groups is 2. The number of nitrogens with one attached hydrogen (secondary N) is 2. The highest BCUT2D eigenvalue weighted by Gasteiger charge is 2.46. The van der Waals surface area contributed by atoms with Crippen LogP contribution in [-0.2, 0) is 14.4 Å². The summed E-state index contributed by atoms with van der Waals surface area (Å²) in [6.45, 7) is -0.0818. The maximum absolute atomic E-state index is 12.9. The summed E-state index contributed by atoms with van der Waals surface area (Å²) >= 11 is 0. The topological polar surface area (TPSA) is 168 Å². The third-order valence-corrected chi connectivity index (χ3v) is 4.93. The molecule has 1 aromatic rings. The molecule has 1 fully saturated rings. The molecule has 1 unspecified atom stereocenters. The monoisotopic (exact) mass is 431 g/mol. The normalized spacial score (nSPS) is 17.8. The van der Waals surface area contributed by atoms with E-state index in [0.717, 1.165) is 4.90 Å². The third-order valence-electron chi connectivity index (χ3n) is 4.93. The number of nitrogens with two attached hydrogens (primary N) is 1. The van der Waals surface area contributed by atoms with Gasteiger partial charge in [0, 0.05) is 26.6 Å². The Morgan fingerprint density at radius 3 is 2.68 bits per heavy atom. The molecule has 2 aliphatic rings. The average Bonchev–Trinajstić information content (AvgIpc) is 2.97. The molecule has 2 heterocycles. The van der Waals surface area contributed by atoms with Crippen molar-refractivity contribution in [1.82, 2.24) is 20.4 Å². The molecule has 0 radical (unpaired) electrons. The van der Waals surface area contributed by atoms with Crippen molar-refractivity contribution in [2.24, 2.45) is 5.73 Å². The maximum atomic E-state index is 12.9. The minimum atomic E-state index is -1.09. The van der Waals surface area contributed by atoms with Gasteiger partial charge in [0.05, 0.1) is 11.1 Å². The zero-order valence-electron chi connectivity index (χ0n) is 16.7. The molecule has 1 saturated heterocycles. The number of likely N-dealkylation sites (N-methyl/N-ethyl adjacent to an activating group) is 1. The number of carbonyl (C=O) groups excluding carboxylic acids is 6. The molecule has 1 aromatic carbocycles. The van der Waals surface area contributed by atoms with Gasteiger partial charge < -0.3 is 20.7 Å². The van der Waals surface area contributed by atoms with Crippen molar-refractivity contribution in [3.8, 4) is 5.75 Å². The van der Waals surface area contributed by atoms with Gasteiger partial charge in [-0.1, -0.05) is 6.07 Å². The quantitative estimate of drug-likeness (QED) is 0.446. The van der Waals surface area contributed by atoms with Gasteiger partial charge in [-0.15, -0.1) is 0 Å². The number of amides is 7. The summed E-state index contributed by atoms with van der Waals surface area (Å²) in [6, 6.07) is 2.63. The van der Waals surface area contributed by atoms with Gasteiger partial charge in [0.25, 0.3) is 17.7 Å². The van der Waals surface area contributed by atoms with E-state index in [1.807, 2.05) is 0 Å². The van der Waals surface area contributed by atoms with Crippen molar-refractivity contribution < 1.29 is 33.5 Å². The number of hydrogen-bond donors (Lipinski definition) is 3. The predicted octanol–water partition coefficient (Wildman–Crippen LogP) is -1.41. The first-order valence-electron chi connectivity index (χ1n) is 9.45. The van der Waals surface area contributed by atoms with Gasteiger partial charge in [-0.25, -0.2) is 4.79 Å². The Labute approximate surface area is 176 Å². The number of nitrogens with zero attached hydrogens (tertiary/aromatic N) is 2. The van der Waals surface area contributed by atoms with Crippen molar-refractivity contribution in [1.29, 1.82) is 0 Å². The van der Waals surface area contributed by atoms with Gasteiger partial charge in [0.2, 0.25) is 11.8 Å². The molecule has 3 rings (SSSR count). The van der Waals surface area contributed by atoms with E-state index in [4.69, 9.17) is 10.5 Å². The molecule has 0 bridgehead atoms. The van der Waals surface area contributed by atoms with Crippen molar-refractivity contribution in [3.05, 3.63) is 29.3 Å². The molecule has 7 amide bonds. The van der Waals surface area contributed by atoms with E-state index in [2.05, 4.69) is 10.6 Å². The number of rotatable bonds is 7. The van der Waals surface area contributed by atoms with E-state index in [-0.39, 0.29) is 42.8 Å². The minimum absolute atomic E-state index is 0.0122. The predicted molar refractivity (Wildman–Crippen MR) is 104 cm³/mol.